The van der Waals surface area contributed by atoms with Crippen molar-refractivity contribution in [2.75, 3.05) is 0 Å². The summed E-state index contributed by atoms with van der Waals surface area (Å²) in [7, 11) is 0. The van der Waals surface area contributed by atoms with Crippen LogP contribution in [0.5, 0.6) is 0 Å². The third-order valence-electron chi connectivity index (χ3n) is 8.69. The van der Waals surface area contributed by atoms with E-state index in [-0.39, 0.29) is 6.17 Å². The SMILES string of the molecule is c1cc(C2=NC(c3ccc4ccccc4c3)=NC(c3ccc4ccccc4c3)N2)cc(-c2cccc3oc4ccccc4c23)c1. The molecule has 212 valence electrons. The van der Waals surface area contributed by atoms with Gasteiger partial charge in [-0.1, -0.05) is 121 Å². The number of benzene rings is 7. The molecule has 0 fully saturated rings. The van der Waals surface area contributed by atoms with Gasteiger partial charge in [-0.05, 0) is 68.6 Å². The van der Waals surface area contributed by atoms with Crippen LogP contribution in [0.4, 0.5) is 0 Å². The highest BCUT2D eigenvalue weighted by Gasteiger charge is 2.22. The van der Waals surface area contributed by atoms with Crippen LogP contribution < -0.4 is 5.32 Å². The van der Waals surface area contributed by atoms with Crippen LogP contribution in [0, 0.1) is 0 Å². The number of hydrogen-bond donors (Lipinski definition) is 1. The van der Waals surface area contributed by atoms with Gasteiger partial charge in [0.1, 0.15) is 23.2 Å². The van der Waals surface area contributed by atoms with E-state index in [0.29, 0.717) is 5.84 Å². The molecular weight excluding hydrogens is 550 g/mol. The molecule has 0 saturated carbocycles. The molecule has 7 aromatic carbocycles. The molecule has 0 saturated heterocycles. The number of amidine groups is 2. The number of rotatable bonds is 4. The minimum absolute atomic E-state index is 0.298. The smallest absolute Gasteiger partial charge is 0.159 e. The number of hydrogen-bond acceptors (Lipinski definition) is 4. The average Bonchev–Trinajstić information content (AvgIpc) is 3.50. The fourth-order valence-corrected chi connectivity index (χ4v) is 6.45. The van der Waals surface area contributed by atoms with Crippen molar-refractivity contribution in [1.82, 2.24) is 5.32 Å². The maximum absolute atomic E-state index is 6.20. The van der Waals surface area contributed by atoms with Gasteiger partial charge in [0, 0.05) is 21.9 Å². The Bertz CT molecular complexity index is 2490. The molecule has 1 aliphatic heterocycles. The normalized spacial score (nSPS) is 14.9. The standard InChI is InChI=1S/C41H27N3O/c1-3-11-28-23-32(21-19-26(28)9-1)40-42-39(43-41(44-40)33-22-20-27-10-2-4-12-29(27)24-33)31-14-7-13-30(25-31)34-16-8-18-37-38(34)35-15-5-6-17-36(35)45-37/h1-25,40H,(H,42,43,44). The fourth-order valence-electron chi connectivity index (χ4n) is 6.45. The van der Waals surface area contributed by atoms with Crippen LogP contribution in [0.2, 0.25) is 0 Å². The molecule has 45 heavy (non-hydrogen) atoms. The van der Waals surface area contributed by atoms with Crippen molar-refractivity contribution in [2.45, 2.75) is 6.17 Å². The van der Waals surface area contributed by atoms with Crippen LogP contribution in [0.1, 0.15) is 22.9 Å². The lowest BCUT2D eigenvalue weighted by Gasteiger charge is -2.24. The van der Waals surface area contributed by atoms with E-state index in [1.807, 2.05) is 18.2 Å². The van der Waals surface area contributed by atoms with Gasteiger partial charge in [-0.3, -0.25) is 0 Å². The molecule has 1 aromatic heterocycles. The summed E-state index contributed by atoms with van der Waals surface area (Å²) in [6, 6.07) is 52.9. The molecule has 4 nitrogen and oxygen atoms in total. The average molecular weight is 578 g/mol. The van der Waals surface area contributed by atoms with E-state index in [1.54, 1.807) is 0 Å². The second kappa shape index (κ2) is 10.3. The van der Waals surface area contributed by atoms with Crippen LogP contribution in [-0.2, 0) is 0 Å². The summed E-state index contributed by atoms with van der Waals surface area (Å²) >= 11 is 0. The van der Waals surface area contributed by atoms with Gasteiger partial charge in [-0.2, -0.15) is 0 Å². The summed E-state index contributed by atoms with van der Waals surface area (Å²) in [6.45, 7) is 0. The van der Waals surface area contributed by atoms with E-state index >= 15 is 0 Å². The molecule has 0 aliphatic carbocycles. The predicted octanol–water partition coefficient (Wildman–Crippen LogP) is 10.1. The van der Waals surface area contributed by atoms with Crippen molar-refractivity contribution in [3.8, 4) is 11.1 Å². The number of furan rings is 1. The Morgan fingerprint density at radius 3 is 2.07 bits per heavy atom. The summed E-state index contributed by atoms with van der Waals surface area (Å²) in [5, 5.41) is 10.7. The third-order valence-corrected chi connectivity index (χ3v) is 8.69. The lowest BCUT2D eigenvalue weighted by molar-refractivity contribution is 0.669. The van der Waals surface area contributed by atoms with Crippen molar-refractivity contribution >= 4 is 55.2 Å². The zero-order chi connectivity index (χ0) is 29.7. The minimum Gasteiger partial charge on any atom is -0.456 e. The van der Waals surface area contributed by atoms with Crippen LogP contribution in [0.3, 0.4) is 0 Å². The van der Waals surface area contributed by atoms with E-state index in [2.05, 4.69) is 139 Å². The maximum atomic E-state index is 6.20. The third kappa shape index (κ3) is 4.47. The van der Waals surface area contributed by atoms with E-state index in [1.165, 1.54) is 16.2 Å². The highest BCUT2D eigenvalue weighted by atomic mass is 16.3. The number of para-hydroxylation sites is 1. The molecule has 9 rings (SSSR count). The number of aliphatic imine (C=N–C) groups is 2. The Labute approximate surface area is 260 Å². The number of nitrogens with zero attached hydrogens (tertiary/aromatic N) is 2. The highest BCUT2D eigenvalue weighted by Crippen LogP contribution is 2.37. The Kier molecular flexibility index (Phi) is 5.85. The monoisotopic (exact) mass is 577 g/mol. The Morgan fingerprint density at radius 1 is 0.511 bits per heavy atom. The van der Waals surface area contributed by atoms with Crippen molar-refractivity contribution in [3.63, 3.8) is 0 Å². The largest absolute Gasteiger partial charge is 0.456 e. The molecule has 0 bridgehead atoms. The van der Waals surface area contributed by atoms with Gasteiger partial charge in [-0.25, -0.2) is 9.98 Å². The Morgan fingerprint density at radius 2 is 1.20 bits per heavy atom. The van der Waals surface area contributed by atoms with Crippen LogP contribution in [-0.4, -0.2) is 11.7 Å². The highest BCUT2D eigenvalue weighted by molar-refractivity contribution is 6.15. The first-order valence-corrected chi connectivity index (χ1v) is 15.2. The molecule has 8 aromatic rings. The van der Waals surface area contributed by atoms with Crippen LogP contribution in [0.15, 0.2) is 166 Å². The summed E-state index contributed by atoms with van der Waals surface area (Å²) in [5.74, 6) is 1.50. The molecule has 0 radical (unpaired) electrons. The molecule has 4 heteroatoms. The van der Waals surface area contributed by atoms with Gasteiger partial charge >= 0.3 is 0 Å². The maximum Gasteiger partial charge on any atom is 0.159 e. The number of nitrogens with one attached hydrogen (secondary N) is 1. The van der Waals surface area contributed by atoms with Gasteiger partial charge in [0.15, 0.2) is 5.84 Å². The second-order valence-electron chi connectivity index (χ2n) is 11.5. The van der Waals surface area contributed by atoms with E-state index in [9.17, 15) is 0 Å². The van der Waals surface area contributed by atoms with Gasteiger partial charge < -0.3 is 9.73 Å². The van der Waals surface area contributed by atoms with E-state index in [0.717, 1.165) is 61.0 Å². The fraction of sp³-hybridized carbons (Fsp3) is 0.0244. The van der Waals surface area contributed by atoms with E-state index < -0.39 is 0 Å². The summed E-state index contributed by atoms with van der Waals surface area (Å²) in [4.78, 5) is 10.3. The molecule has 1 atom stereocenters. The Balaban J connectivity index is 1.18. The van der Waals surface area contributed by atoms with Gasteiger partial charge in [0.25, 0.3) is 0 Å². The Hall–Kier alpha value is -6.00. The topological polar surface area (TPSA) is 49.9 Å². The molecule has 2 heterocycles. The predicted molar refractivity (Wildman–Crippen MR) is 186 cm³/mol. The van der Waals surface area contributed by atoms with Crippen molar-refractivity contribution < 1.29 is 4.42 Å². The zero-order valence-electron chi connectivity index (χ0n) is 24.3. The second-order valence-corrected chi connectivity index (χ2v) is 11.5. The van der Waals surface area contributed by atoms with Crippen molar-refractivity contribution in [2.24, 2.45) is 9.98 Å². The van der Waals surface area contributed by atoms with Crippen LogP contribution in [0.25, 0.3) is 54.6 Å². The van der Waals surface area contributed by atoms with Gasteiger partial charge in [0.2, 0.25) is 0 Å². The molecule has 1 aliphatic rings. The quantitative estimate of drug-likeness (QED) is 0.226. The molecule has 0 spiro atoms. The lowest BCUT2D eigenvalue weighted by Crippen LogP contribution is -2.33. The van der Waals surface area contributed by atoms with Crippen molar-refractivity contribution in [3.05, 3.63) is 168 Å². The van der Waals surface area contributed by atoms with Gasteiger partial charge in [0.05, 0.1) is 0 Å². The zero-order valence-corrected chi connectivity index (χ0v) is 24.3. The van der Waals surface area contributed by atoms with E-state index in [4.69, 9.17) is 14.4 Å². The first kappa shape index (κ1) is 25.5. The molecule has 1 N–H and O–H groups in total. The first-order valence-electron chi connectivity index (χ1n) is 15.2. The van der Waals surface area contributed by atoms with Crippen LogP contribution >= 0.6 is 0 Å². The summed E-state index contributed by atoms with van der Waals surface area (Å²) < 4.78 is 6.20. The molecule has 0 amide bonds. The summed E-state index contributed by atoms with van der Waals surface area (Å²) in [5.41, 5.74) is 7.08. The van der Waals surface area contributed by atoms with Gasteiger partial charge in [-0.15, -0.1) is 0 Å². The first-order chi connectivity index (χ1) is 22.3. The summed E-state index contributed by atoms with van der Waals surface area (Å²) in [6.07, 6.45) is -0.298. The van der Waals surface area contributed by atoms with Crippen molar-refractivity contribution in [1.29, 1.82) is 0 Å². The molecule has 1 unspecified atom stereocenters. The minimum atomic E-state index is -0.298. The molecular formula is C41H27N3O. The number of fused-ring (bicyclic) bond motifs is 5. The lowest BCUT2D eigenvalue weighted by atomic mass is 9.97.